The minimum Gasteiger partial charge on any atom is -0.383 e. The molecule has 0 spiro atoms. The Kier molecular flexibility index (Phi) is 5.13. The van der Waals surface area contributed by atoms with Crippen LogP contribution in [0, 0.1) is 17.0 Å². The lowest BCUT2D eigenvalue weighted by Gasteiger charge is -2.29. The van der Waals surface area contributed by atoms with Crippen molar-refractivity contribution in [2.45, 2.75) is 25.3 Å². The summed E-state index contributed by atoms with van der Waals surface area (Å²) < 4.78 is 5.93. The number of aromatic nitrogens is 1. The summed E-state index contributed by atoms with van der Waals surface area (Å²) in [6, 6.07) is 0. The lowest BCUT2D eigenvalue weighted by Crippen LogP contribution is -2.49. The summed E-state index contributed by atoms with van der Waals surface area (Å²) in [6.45, 7) is 3.94. The Morgan fingerprint density at radius 1 is 1.67 bits per heavy atom. The number of ether oxygens (including phenoxy) is 1. The normalized spacial score (nSPS) is 21.5. The van der Waals surface area contributed by atoms with Crippen molar-refractivity contribution in [3.63, 3.8) is 0 Å². The van der Waals surface area contributed by atoms with Crippen LogP contribution in [0.4, 0.5) is 11.5 Å². The zero-order valence-electron chi connectivity index (χ0n) is 12.1. The van der Waals surface area contributed by atoms with Gasteiger partial charge < -0.3 is 15.4 Å². The molecule has 2 heterocycles. The number of hydrogen-bond donors (Lipinski definition) is 2. The Morgan fingerprint density at radius 3 is 3.00 bits per heavy atom. The van der Waals surface area contributed by atoms with Gasteiger partial charge in [0.25, 0.3) is 5.69 Å². The van der Waals surface area contributed by atoms with E-state index < -0.39 is 4.92 Å². The van der Waals surface area contributed by atoms with E-state index in [-0.39, 0.29) is 11.2 Å². The maximum atomic E-state index is 10.9. The van der Waals surface area contributed by atoms with Crippen LogP contribution < -0.4 is 10.6 Å². The number of nitrogens with one attached hydrogen (secondary N) is 2. The number of rotatable bonds is 6. The van der Waals surface area contributed by atoms with Crippen molar-refractivity contribution in [2.75, 3.05) is 32.1 Å². The van der Waals surface area contributed by atoms with Crippen LogP contribution in [0.15, 0.2) is 10.7 Å². The third kappa shape index (κ3) is 3.50. The van der Waals surface area contributed by atoms with Gasteiger partial charge in [0.15, 0.2) is 0 Å². The summed E-state index contributed by atoms with van der Waals surface area (Å²) in [4.78, 5) is 14.6. The van der Waals surface area contributed by atoms with E-state index in [2.05, 4.69) is 31.5 Å². The van der Waals surface area contributed by atoms with Gasteiger partial charge in [-0.2, -0.15) is 0 Å². The summed E-state index contributed by atoms with van der Waals surface area (Å²) in [5.41, 5.74) is 0.474. The largest absolute Gasteiger partial charge is 0.383 e. The van der Waals surface area contributed by atoms with Crippen LogP contribution in [0.3, 0.4) is 0 Å². The van der Waals surface area contributed by atoms with Crippen LogP contribution in [-0.2, 0) is 4.74 Å². The molecule has 7 nitrogen and oxygen atoms in total. The zero-order valence-corrected chi connectivity index (χ0v) is 13.7. The fourth-order valence-electron chi connectivity index (χ4n) is 2.60. The number of pyridine rings is 1. The van der Waals surface area contributed by atoms with Crippen molar-refractivity contribution >= 4 is 27.4 Å². The number of anilines is 1. The van der Waals surface area contributed by atoms with Crippen molar-refractivity contribution in [1.29, 1.82) is 0 Å². The van der Waals surface area contributed by atoms with Gasteiger partial charge in [-0.1, -0.05) is 0 Å². The van der Waals surface area contributed by atoms with Gasteiger partial charge in [-0.25, -0.2) is 4.98 Å². The average molecular weight is 359 g/mol. The molecule has 1 unspecified atom stereocenters. The van der Waals surface area contributed by atoms with E-state index in [0.29, 0.717) is 29.0 Å². The van der Waals surface area contributed by atoms with E-state index in [0.717, 1.165) is 19.4 Å². The molecule has 116 valence electrons. The van der Waals surface area contributed by atoms with Crippen molar-refractivity contribution in [2.24, 2.45) is 0 Å². The Morgan fingerprint density at radius 2 is 2.43 bits per heavy atom. The number of halogens is 1. The van der Waals surface area contributed by atoms with Crippen LogP contribution in [0.25, 0.3) is 0 Å². The number of hydrogen-bond acceptors (Lipinski definition) is 6. The van der Waals surface area contributed by atoms with Crippen LogP contribution in [0.5, 0.6) is 0 Å². The van der Waals surface area contributed by atoms with Crippen molar-refractivity contribution < 1.29 is 9.66 Å². The third-order valence-corrected chi connectivity index (χ3v) is 4.75. The third-order valence-electron chi connectivity index (χ3n) is 3.78. The smallest absolute Gasteiger partial charge is 0.291 e. The molecule has 1 aromatic rings. The van der Waals surface area contributed by atoms with Gasteiger partial charge in [0.1, 0.15) is 12.0 Å². The highest BCUT2D eigenvalue weighted by atomic mass is 79.9. The molecule has 21 heavy (non-hydrogen) atoms. The fourth-order valence-corrected chi connectivity index (χ4v) is 3.05. The number of methoxy groups -OCH3 is 1. The monoisotopic (exact) mass is 358 g/mol. The Hall–Kier alpha value is -1.25. The van der Waals surface area contributed by atoms with Crippen molar-refractivity contribution in [3.05, 3.63) is 26.3 Å². The SMILES string of the molecule is COCC1(CNc2ncc([N+](=O)[O-])c(C)c2Br)CCCN1. The quantitative estimate of drug-likeness (QED) is 0.598. The lowest BCUT2D eigenvalue weighted by molar-refractivity contribution is -0.385. The Balaban J connectivity index is 2.13. The highest BCUT2D eigenvalue weighted by Crippen LogP contribution is 2.31. The molecular formula is C13H19BrN4O3. The van der Waals surface area contributed by atoms with Crippen LogP contribution in [0.2, 0.25) is 0 Å². The fraction of sp³-hybridized carbons (Fsp3) is 0.615. The van der Waals surface area contributed by atoms with E-state index >= 15 is 0 Å². The second-order valence-corrected chi connectivity index (χ2v) is 6.08. The minimum atomic E-state index is -0.429. The van der Waals surface area contributed by atoms with E-state index in [1.54, 1.807) is 14.0 Å². The predicted molar refractivity (Wildman–Crippen MR) is 83.7 cm³/mol. The summed E-state index contributed by atoms with van der Waals surface area (Å²) in [5, 5.41) is 17.6. The molecule has 1 saturated heterocycles. The first kappa shape index (κ1) is 16.1. The second kappa shape index (κ2) is 6.67. The van der Waals surface area contributed by atoms with Gasteiger partial charge in [0.2, 0.25) is 0 Å². The molecule has 0 aliphatic carbocycles. The molecule has 2 N–H and O–H groups in total. The van der Waals surface area contributed by atoms with E-state index in [4.69, 9.17) is 4.74 Å². The average Bonchev–Trinajstić information content (AvgIpc) is 2.89. The van der Waals surface area contributed by atoms with Crippen molar-refractivity contribution in [1.82, 2.24) is 10.3 Å². The first-order valence-electron chi connectivity index (χ1n) is 6.76. The molecule has 0 radical (unpaired) electrons. The molecule has 1 fully saturated rings. The first-order valence-corrected chi connectivity index (χ1v) is 7.56. The van der Waals surface area contributed by atoms with E-state index in [1.165, 1.54) is 6.20 Å². The molecule has 1 aliphatic rings. The van der Waals surface area contributed by atoms with Gasteiger partial charge in [-0.15, -0.1) is 0 Å². The number of nitro groups is 1. The lowest BCUT2D eigenvalue weighted by atomic mass is 9.98. The molecule has 1 aliphatic heterocycles. The van der Waals surface area contributed by atoms with E-state index in [1.807, 2.05) is 0 Å². The molecule has 2 rings (SSSR count). The number of nitrogens with zero attached hydrogens (tertiary/aromatic N) is 2. The predicted octanol–water partition coefficient (Wildman–Crippen LogP) is 2.24. The van der Waals surface area contributed by atoms with Crippen molar-refractivity contribution in [3.8, 4) is 0 Å². The van der Waals surface area contributed by atoms with Gasteiger partial charge in [-0.05, 0) is 42.2 Å². The summed E-state index contributed by atoms with van der Waals surface area (Å²) in [6.07, 6.45) is 3.42. The Labute approximate surface area is 131 Å². The van der Waals surface area contributed by atoms with Gasteiger partial charge in [0, 0.05) is 19.2 Å². The molecule has 0 amide bonds. The molecule has 8 heteroatoms. The topological polar surface area (TPSA) is 89.3 Å². The first-order chi connectivity index (χ1) is 9.99. The van der Waals surface area contributed by atoms with Gasteiger partial charge in [0.05, 0.1) is 21.5 Å². The molecule has 0 saturated carbocycles. The highest BCUT2D eigenvalue weighted by molar-refractivity contribution is 9.10. The molecule has 1 atom stereocenters. The van der Waals surface area contributed by atoms with Crippen LogP contribution in [0.1, 0.15) is 18.4 Å². The molecular weight excluding hydrogens is 340 g/mol. The molecule has 1 aromatic heterocycles. The summed E-state index contributed by atoms with van der Waals surface area (Å²) in [7, 11) is 1.69. The van der Waals surface area contributed by atoms with Crippen LogP contribution in [-0.4, -0.2) is 42.3 Å². The minimum absolute atomic E-state index is 0.0121. The maximum Gasteiger partial charge on any atom is 0.291 e. The zero-order chi connectivity index (χ0) is 15.5. The molecule has 0 bridgehead atoms. The summed E-state index contributed by atoms with van der Waals surface area (Å²) >= 11 is 3.38. The van der Waals surface area contributed by atoms with Crippen LogP contribution >= 0.6 is 15.9 Å². The van der Waals surface area contributed by atoms with Gasteiger partial charge >= 0.3 is 0 Å². The second-order valence-electron chi connectivity index (χ2n) is 5.29. The van der Waals surface area contributed by atoms with E-state index in [9.17, 15) is 10.1 Å². The Bertz CT molecular complexity index is 532. The maximum absolute atomic E-state index is 10.9. The highest BCUT2D eigenvalue weighted by Gasteiger charge is 2.33. The summed E-state index contributed by atoms with van der Waals surface area (Å²) in [5.74, 6) is 0.613. The standard InChI is InChI=1S/C13H19BrN4O3/c1-9-10(18(19)20)6-15-12(11(9)14)16-7-13(8-21-2)4-3-5-17-13/h6,17H,3-5,7-8H2,1-2H3,(H,15,16). The molecule has 0 aromatic carbocycles. The van der Waals surface area contributed by atoms with Gasteiger partial charge in [-0.3, -0.25) is 10.1 Å².